The highest BCUT2D eigenvalue weighted by atomic mass is 32.2. The van der Waals surface area contributed by atoms with Crippen LogP contribution in [0.1, 0.15) is 24.8 Å². The third kappa shape index (κ3) is 2.69. The van der Waals surface area contributed by atoms with E-state index in [0.717, 1.165) is 24.8 Å². The molecule has 1 saturated heterocycles. The van der Waals surface area contributed by atoms with Gasteiger partial charge in [-0.15, -0.1) is 0 Å². The lowest BCUT2D eigenvalue weighted by Crippen LogP contribution is -2.51. The molecule has 1 aromatic rings. The Labute approximate surface area is 125 Å². The maximum Gasteiger partial charge on any atom is 0.243 e. The minimum absolute atomic E-state index is 0.0254. The molecule has 0 amide bonds. The van der Waals surface area contributed by atoms with Crippen LogP contribution >= 0.6 is 0 Å². The summed E-state index contributed by atoms with van der Waals surface area (Å²) >= 11 is 0. The average molecular weight is 306 g/mol. The molecule has 112 valence electrons. The fraction of sp³-hybridized carbons (Fsp3) is 0.533. The van der Waals surface area contributed by atoms with Crippen LogP contribution in [0.15, 0.2) is 29.2 Å². The minimum Gasteiger partial charge on any atom is -0.375 e. The number of fused-ring (bicyclic) bond motifs is 1. The van der Waals surface area contributed by atoms with Gasteiger partial charge in [0.2, 0.25) is 10.0 Å². The van der Waals surface area contributed by atoms with Crippen molar-refractivity contribution in [3.8, 4) is 6.07 Å². The van der Waals surface area contributed by atoms with Crippen LogP contribution in [0.3, 0.4) is 0 Å². The molecule has 21 heavy (non-hydrogen) atoms. The fourth-order valence-electron chi connectivity index (χ4n) is 3.19. The van der Waals surface area contributed by atoms with Crippen LogP contribution < -0.4 is 0 Å². The lowest BCUT2D eigenvalue weighted by Gasteiger charge is -2.36. The van der Waals surface area contributed by atoms with Crippen LogP contribution in [-0.2, 0) is 21.2 Å². The third-order valence-electron chi connectivity index (χ3n) is 4.24. The van der Waals surface area contributed by atoms with Gasteiger partial charge in [0.25, 0.3) is 0 Å². The molecule has 1 saturated carbocycles. The van der Waals surface area contributed by atoms with E-state index in [-0.39, 0.29) is 12.1 Å². The lowest BCUT2D eigenvalue weighted by molar-refractivity contribution is -0.0241. The average Bonchev–Trinajstić information content (AvgIpc) is 2.96. The quantitative estimate of drug-likeness (QED) is 0.852. The van der Waals surface area contributed by atoms with Crippen molar-refractivity contribution in [3.63, 3.8) is 0 Å². The summed E-state index contributed by atoms with van der Waals surface area (Å²) < 4.78 is 32.9. The van der Waals surface area contributed by atoms with Crippen LogP contribution in [0.25, 0.3) is 0 Å². The first kappa shape index (κ1) is 14.5. The molecule has 1 aliphatic carbocycles. The van der Waals surface area contributed by atoms with Crippen molar-refractivity contribution in [1.82, 2.24) is 4.31 Å². The van der Waals surface area contributed by atoms with Crippen molar-refractivity contribution >= 4 is 10.0 Å². The van der Waals surface area contributed by atoms with E-state index in [0.29, 0.717) is 24.5 Å². The normalized spacial score (nSPS) is 26.2. The van der Waals surface area contributed by atoms with E-state index < -0.39 is 10.0 Å². The standard InChI is InChI=1S/C15H18N2O3S/c16-9-8-12-4-6-13(7-5-12)21(18,19)17-10-11-20-15-3-1-2-14(15)17/h4-7,14-15H,1-3,8,10-11H2. The van der Waals surface area contributed by atoms with Crippen LogP contribution in [0.2, 0.25) is 0 Å². The number of nitrogens with zero attached hydrogens (tertiary/aromatic N) is 2. The number of rotatable bonds is 3. The van der Waals surface area contributed by atoms with E-state index in [1.807, 2.05) is 0 Å². The van der Waals surface area contributed by atoms with Crippen LogP contribution in [0.4, 0.5) is 0 Å². The van der Waals surface area contributed by atoms with Crippen molar-refractivity contribution in [2.45, 2.75) is 42.7 Å². The fourth-order valence-corrected chi connectivity index (χ4v) is 4.86. The van der Waals surface area contributed by atoms with E-state index in [1.54, 1.807) is 28.6 Å². The van der Waals surface area contributed by atoms with Crippen LogP contribution in [0.5, 0.6) is 0 Å². The molecule has 1 heterocycles. The Balaban J connectivity index is 1.87. The highest BCUT2D eigenvalue weighted by molar-refractivity contribution is 7.89. The number of nitriles is 1. The van der Waals surface area contributed by atoms with E-state index in [1.165, 1.54) is 0 Å². The molecule has 3 rings (SSSR count). The molecule has 2 atom stereocenters. The second-order valence-corrected chi connectivity index (χ2v) is 7.39. The SMILES string of the molecule is N#CCc1ccc(S(=O)(=O)N2CCOC3CCCC32)cc1. The number of sulfonamides is 1. The van der Waals surface area contributed by atoms with Gasteiger partial charge in [-0.05, 0) is 37.0 Å². The second kappa shape index (κ2) is 5.76. The summed E-state index contributed by atoms with van der Waals surface area (Å²) in [5.74, 6) is 0. The van der Waals surface area contributed by atoms with Gasteiger partial charge in [0, 0.05) is 6.54 Å². The number of benzene rings is 1. The topological polar surface area (TPSA) is 70.4 Å². The Morgan fingerprint density at radius 2 is 2.05 bits per heavy atom. The molecule has 2 unspecified atom stereocenters. The second-order valence-electron chi connectivity index (χ2n) is 5.50. The summed E-state index contributed by atoms with van der Waals surface area (Å²) in [6.07, 6.45) is 3.17. The molecule has 1 aromatic carbocycles. The summed E-state index contributed by atoms with van der Waals surface area (Å²) in [6, 6.07) is 8.65. The Morgan fingerprint density at radius 1 is 1.29 bits per heavy atom. The van der Waals surface area contributed by atoms with E-state index >= 15 is 0 Å². The zero-order chi connectivity index (χ0) is 14.9. The zero-order valence-electron chi connectivity index (χ0n) is 11.7. The predicted molar refractivity (Wildman–Crippen MR) is 77.0 cm³/mol. The predicted octanol–water partition coefficient (Wildman–Crippen LogP) is 1.69. The molecule has 0 aromatic heterocycles. The molecular weight excluding hydrogens is 288 g/mol. The van der Waals surface area contributed by atoms with E-state index in [2.05, 4.69) is 6.07 Å². The van der Waals surface area contributed by atoms with Gasteiger partial charge in [0.15, 0.2) is 0 Å². The summed E-state index contributed by atoms with van der Waals surface area (Å²) in [5, 5.41) is 8.67. The lowest BCUT2D eigenvalue weighted by atomic mass is 10.2. The first-order chi connectivity index (χ1) is 10.1. The molecule has 6 heteroatoms. The molecule has 0 radical (unpaired) electrons. The van der Waals surface area contributed by atoms with Crippen molar-refractivity contribution in [3.05, 3.63) is 29.8 Å². The summed E-state index contributed by atoms with van der Waals surface area (Å²) in [6.45, 7) is 0.885. The Bertz CT molecular complexity index is 648. The Kier molecular flexibility index (Phi) is 3.98. The summed E-state index contributed by atoms with van der Waals surface area (Å²) in [5.41, 5.74) is 0.831. The van der Waals surface area contributed by atoms with Gasteiger partial charge in [0.1, 0.15) is 0 Å². The number of hydrogen-bond donors (Lipinski definition) is 0. The highest BCUT2D eigenvalue weighted by Gasteiger charge is 2.42. The van der Waals surface area contributed by atoms with Gasteiger partial charge in [0.05, 0.1) is 36.1 Å². The van der Waals surface area contributed by atoms with Gasteiger partial charge in [-0.2, -0.15) is 9.57 Å². The van der Waals surface area contributed by atoms with Gasteiger partial charge in [-0.1, -0.05) is 12.1 Å². The summed E-state index contributed by atoms with van der Waals surface area (Å²) in [7, 11) is -3.48. The monoisotopic (exact) mass is 306 g/mol. The first-order valence-corrected chi connectivity index (χ1v) is 8.66. The zero-order valence-corrected chi connectivity index (χ0v) is 12.6. The maximum atomic E-state index is 12.8. The summed E-state index contributed by atoms with van der Waals surface area (Å²) in [4.78, 5) is 0.303. The molecular formula is C15H18N2O3S. The maximum absolute atomic E-state index is 12.8. The highest BCUT2D eigenvalue weighted by Crippen LogP contribution is 2.33. The Hall–Kier alpha value is -1.42. The molecule has 5 nitrogen and oxygen atoms in total. The van der Waals surface area contributed by atoms with Gasteiger partial charge in [-0.3, -0.25) is 0 Å². The van der Waals surface area contributed by atoms with E-state index in [4.69, 9.17) is 10.00 Å². The van der Waals surface area contributed by atoms with Crippen LogP contribution in [-0.4, -0.2) is 38.0 Å². The largest absolute Gasteiger partial charge is 0.375 e. The molecule has 0 bridgehead atoms. The number of ether oxygens (including phenoxy) is 1. The van der Waals surface area contributed by atoms with Crippen molar-refractivity contribution in [1.29, 1.82) is 5.26 Å². The third-order valence-corrected chi connectivity index (χ3v) is 6.18. The van der Waals surface area contributed by atoms with E-state index in [9.17, 15) is 8.42 Å². The van der Waals surface area contributed by atoms with Crippen LogP contribution in [0, 0.1) is 11.3 Å². The molecule has 1 aliphatic heterocycles. The smallest absolute Gasteiger partial charge is 0.243 e. The van der Waals surface area contributed by atoms with Gasteiger partial charge in [-0.25, -0.2) is 8.42 Å². The molecule has 2 aliphatic rings. The van der Waals surface area contributed by atoms with Gasteiger partial charge < -0.3 is 4.74 Å². The number of morpholine rings is 1. The van der Waals surface area contributed by atoms with Crippen molar-refractivity contribution in [2.75, 3.05) is 13.2 Å². The van der Waals surface area contributed by atoms with Gasteiger partial charge >= 0.3 is 0 Å². The van der Waals surface area contributed by atoms with Crippen molar-refractivity contribution < 1.29 is 13.2 Å². The number of hydrogen-bond acceptors (Lipinski definition) is 4. The Morgan fingerprint density at radius 3 is 2.76 bits per heavy atom. The minimum atomic E-state index is -3.48. The molecule has 0 N–H and O–H groups in total. The first-order valence-electron chi connectivity index (χ1n) is 7.22. The molecule has 0 spiro atoms. The van der Waals surface area contributed by atoms with Crippen molar-refractivity contribution in [2.24, 2.45) is 0 Å². The molecule has 2 fully saturated rings.